The first-order valence-electron chi connectivity index (χ1n) is 11.1. The Morgan fingerprint density at radius 3 is 2.31 bits per heavy atom. The molecule has 2 aromatic rings. The predicted octanol–water partition coefficient (Wildman–Crippen LogP) is 1.56. The predicted molar refractivity (Wildman–Crippen MR) is 138 cm³/mol. The van der Waals surface area contributed by atoms with Crippen LogP contribution in [-0.2, 0) is 26.0 Å². The number of rotatable bonds is 10. The molecular weight excluding hydrogens is 486 g/mol. The van der Waals surface area contributed by atoms with Crippen molar-refractivity contribution in [1.29, 1.82) is 0 Å². The molecule has 0 spiro atoms. The molecule has 0 aliphatic rings. The van der Waals surface area contributed by atoms with Gasteiger partial charge in [-0.1, -0.05) is 26.0 Å². The molecule has 0 aliphatic heterocycles. The number of nitrogens with zero attached hydrogens (tertiary/aromatic N) is 1. The summed E-state index contributed by atoms with van der Waals surface area (Å²) in [6.07, 6.45) is 0.00103. The summed E-state index contributed by atoms with van der Waals surface area (Å²) in [6, 6.07) is 8.57. The van der Waals surface area contributed by atoms with Crippen molar-refractivity contribution in [1.82, 2.24) is 10.0 Å². The van der Waals surface area contributed by atoms with E-state index < -0.39 is 27.9 Å². The number of hydrogen-bond acceptors (Lipinski definition) is 7. The number of methoxy groups -OCH3 is 2. The molecule has 0 unspecified atom stereocenters. The summed E-state index contributed by atoms with van der Waals surface area (Å²) >= 11 is 0. The van der Waals surface area contributed by atoms with Crippen LogP contribution >= 0.6 is 0 Å². The smallest absolute Gasteiger partial charge is 0.249 e. The molecule has 2 amide bonds. The van der Waals surface area contributed by atoms with E-state index in [4.69, 9.17) is 15.2 Å². The molecule has 0 aromatic heterocycles. The van der Waals surface area contributed by atoms with Gasteiger partial charge in [-0.3, -0.25) is 14.9 Å². The molecule has 36 heavy (non-hydrogen) atoms. The van der Waals surface area contributed by atoms with Crippen molar-refractivity contribution in [3.05, 3.63) is 47.5 Å². The van der Waals surface area contributed by atoms with Gasteiger partial charge < -0.3 is 20.5 Å². The first-order chi connectivity index (χ1) is 16.9. The van der Waals surface area contributed by atoms with Crippen LogP contribution in [0.5, 0.6) is 11.5 Å². The standard InChI is InChI=1S/C24H33N5O6S/c1-14(2)22(23(31)27-18-13-17(9-7-15(18)3)36(32,33)26-4)29-24(25)28-21(30)12-16-8-10-19(34-5)20(11-16)35-6/h7-11,13-14,22,26H,12H2,1-6H3,(H,27,31)(H3,25,28,29,30)/t22-/m1/s1. The van der Waals surface area contributed by atoms with Crippen molar-refractivity contribution in [3.8, 4) is 11.5 Å². The van der Waals surface area contributed by atoms with Gasteiger partial charge in [-0.15, -0.1) is 0 Å². The van der Waals surface area contributed by atoms with Crippen LogP contribution in [0.15, 0.2) is 46.3 Å². The van der Waals surface area contributed by atoms with Gasteiger partial charge in [0.25, 0.3) is 0 Å². The summed E-state index contributed by atoms with van der Waals surface area (Å²) in [4.78, 5) is 29.7. The molecule has 12 heteroatoms. The summed E-state index contributed by atoms with van der Waals surface area (Å²) in [6.45, 7) is 5.30. The molecule has 2 aromatic carbocycles. The van der Waals surface area contributed by atoms with Gasteiger partial charge in [-0.05, 0) is 55.3 Å². The number of nitrogens with two attached hydrogens (primary N) is 1. The van der Waals surface area contributed by atoms with E-state index in [0.717, 1.165) is 0 Å². The van der Waals surface area contributed by atoms with Gasteiger partial charge in [0.2, 0.25) is 21.8 Å². The Kier molecular flexibility index (Phi) is 9.82. The van der Waals surface area contributed by atoms with Crippen molar-refractivity contribution in [2.45, 2.75) is 38.1 Å². The van der Waals surface area contributed by atoms with Crippen molar-refractivity contribution < 1.29 is 27.5 Å². The van der Waals surface area contributed by atoms with Crippen molar-refractivity contribution in [2.75, 3.05) is 26.6 Å². The molecule has 1 atom stereocenters. The first kappa shape index (κ1) is 28.6. The maximum atomic E-state index is 13.0. The van der Waals surface area contributed by atoms with Gasteiger partial charge in [0.15, 0.2) is 17.5 Å². The average Bonchev–Trinajstić information content (AvgIpc) is 2.83. The molecule has 0 radical (unpaired) electrons. The lowest BCUT2D eigenvalue weighted by Gasteiger charge is -2.19. The Morgan fingerprint density at radius 2 is 1.72 bits per heavy atom. The number of carbonyl (C=O) groups is 2. The van der Waals surface area contributed by atoms with Crippen LogP contribution < -0.4 is 30.6 Å². The van der Waals surface area contributed by atoms with Crippen molar-refractivity contribution in [3.63, 3.8) is 0 Å². The topological polar surface area (TPSA) is 161 Å². The summed E-state index contributed by atoms with van der Waals surface area (Å²) in [5.74, 6) is -0.370. The first-order valence-corrected chi connectivity index (χ1v) is 12.6. The maximum absolute atomic E-state index is 13.0. The van der Waals surface area contributed by atoms with E-state index in [2.05, 4.69) is 20.3 Å². The number of nitrogens with one attached hydrogen (secondary N) is 3. The van der Waals surface area contributed by atoms with E-state index in [1.807, 2.05) is 0 Å². The average molecular weight is 520 g/mol. The second kappa shape index (κ2) is 12.4. The zero-order valence-electron chi connectivity index (χ0n) is 21.2. The number of amides is 2. The SMILES string of the molecule is CNS(=O)(=O)c1ccc(C)c(NC(=O)[C@H](N=C(N)NC(=O)Cc2ccc(OC)c(OC)c2)C(C)C)c1. The van der Waals surface area contributed by atoms with Gasteiger partial charge >= 0.3 is 0 Å². The zero-order valence-corrected chi connectivity index (χ0v) is 22.0. The zero-order chi connectivity index (χ0) is 27.0. The molecular formula is C24H33N5O6S. The second-order valence-corrected chi connectivity index (χ2v) is 10.2. The fraction of sp³-hybridized carbons (Fsp3) is 0.375. The molecule has 0 saturated carbocycles. The van der Waals surface area contributed by atoms with E-state index in [-0.39, 0.29) is 23.2 Å². The van der Waals surface area contributed by atoms with Gasteiger partial charge in [0.05, 0.1) is 25.5 Å². The van der Waals surface area contributed by atoms with Crippen molar-refractivity contribution in [2.24, 2.45) is 16.6 Å². The van der Waals surface area contributed by atoms with E-state index in [9.17, 15) is 18.0 Å². The second-order valence-electron chi connectivity index (χ2n) is 8.29. The van der Waals surface area contributed by atoms with Gasteiger partial charge in [0, 0.05) is 5.69 Å². The number of hydrogen-bond donors (Lipinski definition) is 4. The Morgan fingerprint density at radius 1 is 1.06 bits per heavy atom. The van der Waals surface area contributed by atoms with Crippen LogP contribution in [0, 0.1) is 12.8 Å². The molecule has 5 N–H and O–H groups in total. The monoisotopic (exact) mass is 519 g/mol. The highest BCUT2D eigenvalue weighted by atomic mass is 32.2. The molecule has 0 heterocycles. The minimum absolute atomic E-state index is 0.00103. The third-order valence-corrected chi connectivity index (χ3v) is 6.72. The normalized spacial score (nSPS) is 12.7. The molecule has 11 nitrogen and oxygen atoms in total. The Labute approximate surface area is 211 Å². The molecule has 0 bridgehead atoms. The number of carbonyl (C=O) groups excluding carboxylic acids is 2. The van der Waals surface area contributed by atoms with Gasteiger partial charge in [-0.2, -0.15) is 0 Å². The van der Waals surface area contributed by atoms with Crippen LogP contribution in [0.2, 0.25) is 0 Å². The number of ether oxygens (including phenoxy) is 2. The molecule has 0 saturated heterocycles. The highest BCUT2D eigenvalue weighted by Gasteiger charge is 2.24. The van der Waals surface area contributed by atoms with E-state index in [1.165, 1.54) is 33.4 Å². The van der Waals surface area contributed by atoms with Crippen LogP contribution in [0.3, 0.4) is 0 Å². The lowest BCUT2D eigenvalue weighted by molar-refractivity contribution is -0.119. The summed E-state index contributed by atoms with van der Waals surface area (Å²) in [7, 11) is 0.637. The largest absolute Gasteiger partial charge is 0.493 e. The third kappa shape index (κ3) is 7.43. The summed E-state index contributed by atoms with van der Waals surface area (Å²) in [5, 5.41) is 5.21. The quantitative estimate of drug-likeness (QED) is 0.273. The van der Waals surface area contributed by atoms with Crippen LogP contribution in [0.1, 0.15) is 25.0 Å². The lowest BCUT2D eigenvalue weighted by atomic mass is 10.0. The number of benzene rings is 2. The van der Waals surface area contributed by atoms with Gasteiger partial charge in [0.1, 0.15) is 6.04 Å². The molecule has 0 aliphatic carbocycles. The summed E-state index contributed by atoms with van der Waals surface area (Å²) in [5.41, 5.74) is 7.60. The van der Waals surface area contributed by atoms with E-state index in [1.54, 1.807) is 45.0 Å². The van der Waals surface area contributed by atoms with E-state index in [0.29, 0.717) is 28.3 Å². The Hall–Kier alpha value is -3.64. The number of sulfonamides is 1. The lowest BCUT2D eigenvalue weighted by Crippen LogP contribution is -2.41. The minimum Gasteiger partial charge on any atom is -0.493 e. The number of aryl methyl sites for hydroxylation is 1. The summed E-state index contributed by atoms with van der Waals surface area (Å²) < 4.78 is 36.9. The van der Waals surface area contributed by atoms with Crippen molar-refractivity contribution >= 4 is 33.5 Å². The highest BCUT2D eigenvalue weighted by Crippen LogP contribution is 2.27. The van der Waals surface area contributed by atoms with Gasteiger partial charge in [-0.25, -0.2) is 18.1 Å². The number of aliphatic imine (C=N–C) groups is 1. The number of anilines is 1. The number of guanidine groups is 1. The molecule has 0 fully saturated rings. The minimum atomic E-state index is -3.69. The molecule has 196 valence electrons. The van der Waals surface area contributed by atoms with Crippen LogP contribution in [0.4, 0.5) is 5.69 Å². The highest BCUT2D eigenvalue weighted by molar-refractivity contribution is 7.89. The maximum Gasteiger partial charge on any atom is 0.249 e. The fourth-order valence-electron chi connectivity index (χ4n) is 3.28. The molecule has 2 rings (SSSR count). The Balaban J connectivity index is 2.15. The van der Waals surface area contributed by atoms with Crippen LogP contribution in [0.25, 0.3) is 0 Å². The fourth-order valence-corrected chi connectivity index (χ4v) is 4.04. The Bertz CT molecular complexity index is 1240. The van der Waals surface area contributed by atoms with E-state index >= 15 is 0 Å². The third-order valence-electron chi connectivity index (χ3n) is 5.30. The van der Waals surface area contributed by atoms with Crippen LogP contribution in [-0.4, -0.2) is 53.5 Å².